The Kier molecular flexibility index (Phi) is 4.79. The van der Waals surface area contributed by atoms with Crippen LogP contribution in [0, 0.1) is 5.92 Å². The molecule has 0 aromatic heterocycles. The molecule has 0 bridgehead atoms. The summed E-state index contributed by atoms with van der Waals surface area (Å²) in [6.07, 6.45) is 2.52. The van der Waals surface area contributed by atoms with Crippen molar-refractivity contribution in [2.45, 2.75) is 31.1 Å². The average molecular weight is 463 g/mol. The monoisotopic (exact) mass is 462 g/mol. The Morgan fingerprint density at radius 3 is 2.61 bits per heavy atom. The molecule has 1 N–H and O–H groups in total. The molecule has 1 saturated carbocycles. The summed E-state index contributed by atoms with van der Waals surface area (Å²) in [5.41, 5.74) is 2.36. The number of fused-ring (bicyclic) bond motifs is 1. The fourth-order valence-corrected chi connectivity index (χ4v) is 5.55. The summed E-state index contributed by atoms with van der Waals surface area (Å²) in [7, 11) is -3.91. The van der Waals surface area contributed by atoms with Crippen LogP contribution in [0.1, 0.15) is 35.7 Å². The summed E-state index contributed by atoms with van der Waals surface area (Å²) in [5.74, 6) is 0.00243. The molecule has 146 valence electrons. The van der Waals surface area contributed by atoms with E-state index in [4.69, 9.17) is 0 Å². The normalized spacial score (nSPS) is 16.0. The number of carbonyl (C=O) groups is 2. The van der Waals surface area contributed by atoms with Crippen LogP contribution in [-0.4, -0.2) is 26.7 Å². The molecule has 28 heavy (non-hydrogen) atoms. The van der Waals surface area contributed by atoms with E-state index in [2.05, 4.69) is 20.7 Å². The van der Waals surface area contributed by atoms with Crippen LogP contribution in [0.4, 0.5) is 11.4 Å². The van der Waals surface area contributed by atoms with Gasteiger partial charge in [0.1, 0.15) is 4.90 Å². The first-order chi connectivity index (χ1) is 13.3. The van der Waals surface area contributed by atoms with Crippen molar-refractivity contribution in [1.29, 1.82) is 0 Å². The van der Waals surface area contributed by atoms with Crippen LogP contribution < -0.4 is 9.62 Å². The number of amides is 1. The number of hydrogen-bond donors (Lipinski definition) is 1. The lowest BCUT2D eigenvalue weighted by Crippen LogP contribution is -2.30. The Hall–Kier alpha value is -2.19. The van der Waals surface area contributed by atoms with Crippen LogP contribution in [0.15, 0.2) is 45.8 Å². The molecule has 0 radical (unpaired) electrons. The number of hydrogen-bond acceptors (Lipinski definition) is 4. The molecule has 2 aromatic rings. The summed E-state index contributed by atoms with van der Waals surface area (Å²) in [5, 5.41) is 0. The van der Waals surface area contributed by atoms with E-state index in [1.807, 2.05) is 0 Å². The van der Waals surface area contributed by atoms with Crippen LogP contribution in [0.5, 0.6) is 0 Å². The second-order valence-electron chi connectivity index (χ2n) is 7.17. The average Bonchev–Trinajstić information content (AvgIpc) is 3.40. The summed E-state index contributed by atoms with van der Waals surface area (Å²) in [4.78, 5) is 25.8. The number of sulfonamides is 1. The predicted molar refractivity (Wildman–Crippen MR) is 110 cm³/mol. The molecule has 1 aliphatic heterocycles. The van der Waals surface area contributed by atoms with E-state index in [1.54, 1.807) is 35.2 Å². The van der Waals surface area contributed by atoms with Gasteiger partial charge in [0.2, 0.25) is 5.91 Å². The van der Waals surface area contributed by atoms with E-state index in [0.717, 1.165) is 18.4 Å². The highest BCUT2D eigenvalue weighted by Crippen LogP contribution is 2.39. The molecule has 4 rings (SSSR count). The minimum absolute atomic E-state index is 0.0648. The topological polar surface area (TPSA) is 83.6 Å². The van der Waals surface area contributed by atoms with Gasteiger partial charge in [0.15, 0.2) is 5.78 Å². The number of benzene rings is 2. The smallest absolute Gasteiger partial charge is 0.263 e. The van der Waals surface area contributed by atoms with Crippen molar-refractivity contribution < 1.29 is 18.0 Å². The zero-order chi connectivity index (χ0) is 20.1. The third-order valence-corrected chi connectivity index (χ3v) is 7.37. The highest BCUT2D eigenvalue weighted by molar-refractivity contribution is 9.10. The summed E-state index contributed by atoms with van der Waals surface area (Å²) < 4.78 is 29.0. The molecule has 0 atom stereocenters. The van der Waals surface area contributed by atoms with Gasteiger partial charge in [-0.3, -0.25) is 14.3 Å². The molecule has 0 spiro atoms. The molecule has 1 aliphatic carbocycles. The van der Waals surface area contributed by atoms with Crippen molar-refractivity contribution >= 4 is 49.0 Å². The quantitative estimate of drug-likeness (QED) is 0.685. The van der Waals surface area contributed by atoms with Gasteiger partial charge < -0.3 is 4.90 Å². The van der Waals surface area contributed by atoms with E-state index in [9.17, 15) is 18.0 Å². The number of rotatable bonds is 5. The van der Waals surface area contributed by atoms with Crippen molar-refractivity contribution in [3.63, 3.8) is 0 Å². The first kappa shape index (κ1) is 19.1. The number of nitrogens with one attached hydrogen (secondary N) is 1. The number of carbonyl (C=O) groups excluding carboxylic acids is 2. The van der Waals surface area contributed by atoms with Crippen LogP contribution in [0.25, 0.3) is 0 Å². The molecule has 0 saturated heterocycles. The summed E-state index contributed by atoms with van der Waals surface area (Å²) in [6, 6.07) is 9.69. The fourth-order valence-electron chi connectivity index (χ4n) is 3.39. The van der Waals surface area contributed by atoms with Gasteiger partial charge in [-0.25, -0.2) is 8.42 Å². The zero-order valence-corrected chi connectivity index (χ0v) is 17.6. The summed E-state index contributed by atoms with van der Waals surface area (Å²) >= 11 is 3.36. The zero-order valence-electron chi connectivity index (χ0n) is 15.2. The maximum absolute atomic E-state index is 13.0. The first-order valence-corrected chi connectivity index (χ1v) is 11.3. The minimum atomic E-state index is -3.91. The van der Waals surface area contributed by atoms with Crippen molar-refractivity contribution in [2.24, 2.45) is 5.92 Å². The SMILES string of the molecule is CC(=O)c1cccc(NS(=O)(=O)c2cc3c(cc2Br)CCN3C(=O)C2CC2)c1. The lowest BCUT2D eigenvalue weighted by atomic mass is 10.1. The van der Waals surface area contributed by atoms with Crippen molar-refractivity contribution in [2.75, 3.05) is 16.2 Å². The fraction of sp³-hybridized carbons (Fsp3) is 0.300. The predicted octanol–water partition coefficient (Wildman–Crippen LogP) is 3.75. The van der Waals surface area contributed by atoms with E-state index in [1.165, 1.54) is 13.0 Å². The first-order valence-electron chi connectivity index (χ1n) is 9.04. The largest absolute Gasteiger partial charge is 0.312 e. The third kappa shape index (κ3) is 3.58. The van der Waals surface area contributed by atoms with Gasteiger partial charge in [0, 0.05) is 33.9 Å². The Morgan fingerprint density at radius 1 is 1.18 bits per heavy atom. The van der Waals surface area contributed by atoms with Crippen molar-refractivity contribution in [3.8, 4) is 0 Å². The molecular weight excluding hydrogens is 444 g/mol. The van der Waals surface area contributed by atoms with Gasteiger partial charge in [-0.2, -0.15) is 0 Å². The minimum Gasteiger partial charge on any atom is -0.312 e. The lowest BCUT2D eigenvalue weighted by molar-refractivity contribution is -0.119. The molecule has 1 amide bonds. The Balaban J connectivity index is 1.68. The van der Waals surface area contributed by atoms with Gasteiger partial charge in [0.05, 0.1) is 0 Å². The molecule has 2 aliphatic rings. The molecule has 1 heterocycles. The highest BCUT2D eigenvalue weighted by atomic mass is 79.9. The van der Waals surface area contributed by atoms with Crippen molar-refractivity contribution in [3.05, 3.63) is 52.0 Å². The third-order valence-electron chi connectivity index (χ3n) is 5.03. The highest BCUT2D eigenvalue weighted by Gasteiger charge is 2.37. The Labute approximate surface area is 172 Å². The van der Waals surface area contributed by atoms with Gasteiger partial charge in [-0.15, -0.1) is 0 Å². The van der Waals surface area contributed by atoms with Crippen LogP contribution in [-0.2, 0) is 21.2 Å². The number of Topliss-reactive ketones (excluding diaryl/α,β-unsaturated/α-hetero) is 1. The lowest BCUT2D eigenvalue weighted by Gasteiger charge is -2.19. The number of nitrogens with zero attached hydrogens (tertiary/aromatic N) is 1. The van der Waals surface area contributed by atoms with E-state index >= 15 is 0 Å². The van der Waals surface area contributed by atoms with Crippen molar-refractivity contribution in [1.82, 2.24) is 0 Å². The standard InChI is InChI=1S/C20H19BrN2O4S/c1-12(24)14-3-2-4-16(9-14)22-28(26,27)19-11-18-15(10-17(19)21)7-8-23(18)20(25)13-5-6-13/h2-4,9-11,13,22H,5-8H2,1H3. The Bertz CT molecular complexity index is 1090. The maximum Gasteiger partial charge on any atom is 0.263 e. The number of anilines is 2. The number of ketones is 1. The number of halogens is 1. The molecule has 0 unspecified atom stereocenters. The molecule has 6 nitrogen and oxygen atoms in total. The Morgan fingerprint density at radius 2 is 1.93 bits per heavy atom. The van der Waals surface area contributed by atoms with Crippen LogP contribution in [0.2, 0.25) is 0 Å². The molecule has 8 heteroatoms. The summed E-state index contributed by atoms with van der Waals surface area (Å²) in [6.45, 7) is 2.00. The van der Waals surface area contributed by atoms with E-state index in [-0.39, 0.29) is 22.5 Å². The van der Waals surface area contributed by atoms with Gasteiger partial charge in [0.25, 0.3) is 10.0 Å². The maximum atomic E-state index is 13.0. The van der Waals surface area contributed by atoms with E-state index in [0.29, 0.717) is 34.4 Å². The van der Waals surface area contributed by atoms with Gasteiger partial charge >= 0.3 is 0 Å². The molecular formula is C20H19BrN2O4S. The second-order valence-corrected chi connectivity index (χ2v) is 9.67. The molecule has 1 fully saturated rings. The molecule has 2 aromatic carbocycles. The van der Waals surface area contributed by atoms with E-state index < -0.39 is 10.0 Å². The second kappa shape index (κ2) is 7.00. The van der Waals surface area contributed by atoms with Crippen LogP contribution in [0.3, 0.4) is 0 Å². The van der Waals surface area contributed by atoms with Gasteiger partial charge in [-0.1, -0.05) is 12.1 Å². The van der Waals surface area contributed by atoms with Crippen LogP contribution >= 0.6 is 15.9 Å². The van der Waals surface area contributed by atoms with Gasteiger partial charge in [-0.05, 0) is 71.9 Å².